The minimum atomic E-state index is 0.286. The van der Waals surface area contributed by atoms with Gasteiger partial charge in [-0.2, -0.15) is 0 Å². The van der Waals surface area contributed by atoms with E-state index in [0.717, 1.165) is 32.5 Å². The van der Waals surface area contributed by atoms with Crippen LogP contribution in [-0.4, -0.2) is 54.6 Å². The van der Waals surface area contributed by atoms with Crippen LogP contribution < -0.4 is 0 Å². The Labute approximate surface area is 119 Å². The summed E-state index contributed by atoms with van der Waals surface area (Å²) >= 11 is 0. The zero-order valence-electron chi connectivity index (χ0n) is 12.0. The van der Waals surface area contributed by atoms with E-state index < -0.39 is 0 Å². The second-order valence-corrected chi connectivity index (χ2v) is 5.64. The SMILES string of the molecule is COCCN1C(=O)CC[C@@H]2[C@@H]1CCN2Cc1ccoc1. The minimum absolute atomic E-state index is 0.286. The van der Waals surface area contributed by atoms with Crippen LogP contribution in [0.2, 0.25) is 0 Å². The van der Waals surface area contributed by atoms with E-state index in [-0.39, 0.29) is 5.91 Å². The van der Waals surface area contributed by atoms with Crippen LogP contribution in [0.4, 0.5) is 0 Å². The lowest BCUT2D eigenvalue weighted by Crippen LogP contribution is -2.52. The first-order valence-electron chi connectivity index (χ1n) is 7.33. The Balaban J connectivity index is 1.67. The third-order valence-corrected chi connectivity index (χ3v) is 4.50. The van der Waals surface area contributed by atoms with Crippen LogP contribution >= 0.6 is 0 Å². The first kappa shape index (κ1) is 13.6. The number of hydrogen-bond acceptors (Lipinski definition) is 4. The number of fused-ring (bicyclic) bond motifs is 1. The smallest absolute Gasteiger partial charge is 0.223 e. The van der Waals surface area contributed by atoms with E-state index >= 15 is 0 Å². The molecule has 0 radical (unpaired) electrons. The van der Waals surface area contributed by atoms with Gasteiger partial charge in [0, 0.05) is 50.8 Å². The number of ether oxygens (including phenoxy) is 1. The van der Waals surface area contributed by atoms with Crippen LogP contribution in [0.3, 0.4) is 0 Å². The highest BCUT2D eigenvalue weighted by molar-refractivity contribution is 5.77. The van der Waals surface area contributed by atoms with E-state index in [1.165, 1.54) is 5.56 Å². The molecule has 2 atom stereocenters. The number of amides is 1. The fourth-order valence-corrected chi connectivity index (χ4v) is 3.53. The Kier molecular flexibility index (Phi) is 4.08. The summed E-state index contributed by atoms with van der Waals surface area (Å²) in [5.74, 6) is 0.286. The molecule has 20 heavy (non-hydrogen) atoms. The van der Waals surface area contributed by atoms with Gasteiger partial charge in [0.25, 0.3) is 0 Å². The van der Waals surface area contributed by atoms with Crippen molar-refractivity contribution in [1.82, 2.24) is 9.80 Å². The second-order valence-electron chi connectivity index (χ2n) is 5.64. The van der Waals surface area contributed by atoms with Gasteiger partial charge in [0.2, 0.25) is 5.91 Å². The van der Waals surface area contributed by atoms with Crippen molar-refractivity contribution in [2.24, 2.45) is 0 Å². The number of methoxy groups -OCH3 is 1. The van der Waals surface area contributed by atoms with E-state index in [1.807, 2.05) is 17.2 Å². The van der Waals surface area contributed by atoms with Crippen molar-refractivity contribution in [3.05, 3.63) is 24.2 Å². The van der Waals surface area contributed by atoms with Gasteiger partial charge in [-0.05, 0) is 18.9 Å². The molecule has 0 aromatic carbocycles. The third kappa shape index (κ3) is 2.60. The molecule has 2 aliphatic rings. The van der Waals surface area contributed by atoms with Gasteiger partial charge in [-0.1, -0.05) is 0 Å². The number of piperidine rings is 1. The van der Waals surface area contributed by atoms with Crippen molar-refractivity contribution in [3.63, 3.8) is 0 Å². The largest absolute Gasteiger partial charge is 0.472 e. The molecular weight excluding hydrogens is 256 g/mol. The topological polar surface area (TPSA) is 45.9 Å². The first-order valence-corrected chi connectivity index (χ1v) is 7.33. The molecule has 110 valence electrons. The predicted octanol–water partition coefficient (Wildman–Crippen LogP) is 1.49. The van der Waals surface area contributed by atoms with Crippen LogP contribution in [0.5, 0.6) is 0 Å². The van der Waals surface area contributed by atoms with E-state index in [9.17, 15) is 4.79 Å². The fraction of sp³-hybridized carbons (Fsp3) is 0.667. The summed E-state index contributed by atoms with van der Waals surface area (Å²) in [4.78, 5) is 16.6. The Morgan fingerprint density at radius 2 is 2.30 bits per heavy atom. The monoisotopic (exact) mass is 278 g/mol. The number of nitrogens with zero attached hydrogens (tertiary/aromatic N) is 2. The summed E-state index contributed by atoms with van der Waals surface area (Å²) in [7, 11) is 1.69. The number of rotatable bonds is 5. The third-order valence-electron chi connectivity index (χ3n) is 4.50. The summed E-state index contributed by atoms with van der Waals surface area (Å²) in [6.07, 6.45) is 6.23. The molecule has 3 heterocycles. The molecule has 3 rings (SSSR count). The molecule has 1 aromatic heterocycles. The van der Waals surface area contributed by atoms with Crippen LogP contribution in [0.25, 0.3) is 0 Å². The number of likely N-dealkylation sites (tertiary alicyclic amines) is 2. The Morgan fingerprint density at radius 1 is 1.40 bits per heavy atom. The molecule has 0 aliphatic carbocycles. The van der Waals surface area contributed by atoms with Crippen LogP contribution in [-0.2, 0) is 16.1 Å². The van der Waals surface area contributed by atoms with Crippen LogP contribution in [0, 0.1) is 0 Å². The molecule has 0 spiro atoms. The maximum atomic E-state index is 12.1. The average Bonchev–Trinajstić information content (AvgIpc) is 3.08. The van der Waals surface area contributed by atoms with Crippen LogP contribution in [0.1, 0.15) is 24.8 Å². The maximum Gasteiger partial charge on any atom is 0.223 e. The van der Waals surface area contributed by atoms with Crippen molar-refractivity contribution in [2.45, 2.75) is 37.9 Å². The molecule has 0 N–H and O–H groups in total. The van der Waals surface area contributed by atoms with E-state index in [1.54, 1.807) is 13.4 Å². The highest BCUT2D eigenvalue weighted by atomic mass is 16.5. The van der Waals surface area contributed by atoms with Crippen LogP contribution in [0.15, 0.2) is 23.0 Å². The van der Waals surface area contributed by atoms with Crippen molar-refractivity contribution >= 4 is 5.91 Å². The molecule has 2 saturated heterocycles. The number of carbonyl (C=O) groups is 1. The lowest BCUT2D eigenvalue weighted by atomic mass is 9.96. The van der Waals surface area contributed by atoms with Gasteiger partial charge in [-0.3, -0.25) is 9.69 Å². The van der Waals surface area contributed by atoms with E-state index in [0.29, 0.717) is 25.1 Å². The van der Waals surface area contributed by atoms with Gasteiger partial charge in [0.15, 0.2) is 0 Å². The van der Waals surface area contributed by atoms with Gasteiger partial charge in [-0.25, -0.2) is 0 Å². The van der Waals surface area contributed by atoms with Crippen molar-refractivity contribution in [3.8, 4) is 0 Å². The molecule has 5 nitrogen and oxygen atoms in total. The quantitative estimate of drug-likeness (QED) is 0.818. The number of hydrogen-bond donors (Lipinski definition) is 0. The molecule has 2 fully saturated rings. The fourth-order valence-electron chi connectivity index (χ4n) is 3.53. The lowest BCUT2D eigenvalue weighted by molar-refractivity contribution is -0.138. The maximum absolute atomic E-state index is 12.1. The normalized spacial score (nSPS) is 27.1. The molecule has 1 amide bonds. The van der Waals surface area contributed by atoms with E-state index in [4.69, 9.17) is 9.15 Å². The van der Waals surface area contributed by atoms with E-state index in [2.05, 4.69) is 4.90 Å². The Morgan fingerprint density at radius 3 is 3.05 bits per heavy atom. The standard InChI is InChI=1S/C15H22N2O3/c1-19-9-7-17-14-4-6-16(10-12-5-8-20-11-12)13(14)2-3-15(17)18/h5,8,11,13-14H,2-4,6-7,9-10H2,1H3/t13-,14+/m1/s1. The first-order chi connectivity index (χ1) is 9.79. The van der Waals surface area contributed by atoms with Gasteiger partial charge < -0.3 is 14.1 Å². The predicted molar refractivity (Wildman–Crippen MR) is 74.1 cm³/mol. The molecule has 2 aliphatic heterocycles. The summed E-state index contributed by atoms with van der Waals surface area (Å²) in [5.41, 5.74) is 1.21. The summed E-state index contributed by atoms with van der Waals surface area (Å²) in [6, 6.07) is 2.86. The van der Waals surface area contributed by atoms with Gasteiger partial charge in [0.05, 0.1) is 19.1 Å². The minimum Gasteiger partial charge on any atom is -0.472 e. The van der Waals surface area contributed by atoms with Crippen molar-refractivity contribution < 1.29 is 13.9 Å². The molecule has 1 aromatic rings. The van der Waals surface area contributed by atoms with Gasteiger partial charge >= 0.3 is 0 Å². The zero-order valence-corrected chi connectivity index (χ0v) is 12.0. The molecule has 5 heteroatoms. The highest BCUT2D eigenvalue weighted by Crippen LogP contribution is 2.32. The number of carbonyl (C=O) groups excluding carboxylic acids is 1. The van der Waals surface area contributed by atoms with Gasteiger partial charge in [0.1, 0.15) is 0 Å². The summed E-state index contributed by atoms with van der Waals surface area (Å²) in [5, 5.41) is 0. The van der Waals surface area contributed by atoms with Crippen molar-refractivity contribution in [1.29, 1.82) is 0 Å². The van der Waals surface area contributed by atoms with Crippen molar-refractivity contribution in [2.75, 3.05) is 26.8 Å². The highest BCUT2D eigenvalue weighted by Gasteiger charge is 2.42. The molecule has 0 unspecified atom stereocenters. The Hall–Kier alpha value is -1.33. The summed E-state index contributed by atoms with van der Waals surface area (Å²) in [6.45, 7) is 3.31. The molecular formula is C15H22N2O3. The Bertz CT molecular complexity index is 446. The molecule has 0 bridgehead atoms. The van der Waals surface area contributed by atoms with Gasteiger partial charge in [-0.15, -0.1) is 0 Å². The molecule has 0 saturated carbocycles. The average molecular weight is 278 g/mol. The summed E-state index contributed by atoms with van der Waals surface area (Å²) < 4.78 is 10.3. The zero-order chi connectivity index (χ0) is 13.9. The second kappa shape index (κ2) is 5.97. The number of furan rings is 1. The lowest BCUT2D eigenvalue weighted by Gasteiger charge is -2.39.